The van der Waals surface area contributed by atoms with Gasteiger partial charge in [0.25, 0.3) is 0 Å². The van der Waals surface area contributed by atoms with Gasteiger partial charge in [-0.3, -0.25) is 13.8 Å². The number of hydrogen-bond donors (Lipinski definition) is 3. The summed E-state index contributed by atoms with van der Waals surface area (Å²) in [5.41, 5.74) is -2.79. The Hall–Kier alpha value is -4.92. The van der Waals surface area contributed by atoms with Crippen LogP contribution in [0.5, 0.6) is 0 Å². The summed E-state index contributed by atoms with van der Waals surface area (Å²) in [7, 11) is 2.88. The highest BCUT2D eigenvalue weighted by Crippen LogP contribution is 2.41. The number of aliphatic hydroxyl groups is 1. The fourth-order valence-corrected chi connectivity index (χ4v) is 6.07. The van der Waals surface area contributed by atoms with Crippen molar-refractivity contribution in [3.05, 3.63) is 64.5 Å². The Kier molecular flexibility index (Phi) is 6.64. The first-order chi connectivity index (χ1) is 22.8. The molecule has 1 aliphatic rings. The second kappa shape index (κ2) is 11.2. The highest BCUT2D eigenvalue weighted by atomic mass is 19.4. The van der Waals surface area contributed by atoms with Gasteiger partial charge in [-0.05, 0) is 62.4 Å². The lowest BCUT2D eigenvalue weighted by Crippen LogP contribution is -2.33. The number of imidazole rings is 1. The van der Waals surface area contributed by atoms with E-state index >= 15 is 0 Å². The summed E-state index contributed by atoms with van der Waals surface area (Å²) in [5, 5.41) is 20.9. The average Bonchev–Trinajstić information content (AvgIpc) is 3.71. The Labute approximate surface area is 265 Å². The van der Waals surface area contributed by atoms with Crippen LogP contribution in [0.1, 0.15) is 54.4 Å². The standard InChI is InChI=1S/C31H33F3N8O4/c1-30(2,45)21-11-26(39-27-20(21)8-16(9-22(27)31(32,33)34)17-13-36-40(3)15-17)38-25-12-23-24(14-35-25)41(4)29(44)42(23)19-7-6-18(10-19)37-28(43)46-5/h8-9,11-15,18-19,45H,6-7,10H2,1-5H3,(H,37,43)(H,35,38,39)/t18-,19-/m1/s1/i4D3. The van der Waals surface area contributed by atoms with Crippen molar-refractivity contribution in [1.29, 1.82) is 0 Å². The van der Waals surface area contributed by atoms with Crippen molar-refractivity contribution < 1.29 is 31.9 Å². The zero-order valence-corrected chi connectivity index (χ0v) is 25.3. The molecule has 1 aliphatic carbocycles. The van der Waals surface area contributed by atoms with E-state index in [1.807, 2.05) is 0 Å². The van der Waals surface area contributed by atoms with Gasteiger partial charge in [-0.25, -0.2) is 19.6 Å². The molecule has 4 heterocycles. The fraction of sp³-hybridized carbons (Fsp3) is 0.387. The Morgan fingerprint density at radius 1 is 1.09 bits per heavy atom. The molecular weight excluding hydrogens is 605 g/mol. The molecule has 6 rings (SSSR count). The number of alkyl halides is 3. The van der Waals surface area contributed by atoms with E-state index in [4.69, 9.17) is 4.11 Å². The molecule has 46 heavy (non-hydrogen) atoms. The number of nitrogens with zero attached hydrogens (tertiary/aromatic N) is 6. The maximum Gasteiger partial charge on any atom is 0.418 e. The molecule has 3 N–H and O–H groups in total. The van der Waals surface area contributed by atoms with Crippen LogP contribution in [0.25, 0.3) is 33.1 Å². The maximum absolute atomic E-state index is 14.6. The first-order valence-electron chi connectivity index (χ1n) is 15.9. The summed E-state index contributed by atoms with van der Waals surface area (Å²) in [5.74, 6) is -0.0243. The molecule has 242 valence electrons. The van der Waals surface area contributed by atoms with Gasteiger partial charge in [0.05, 0.1) is 47.2 Å². The van der Waals surface area contributed by atoms with Crippen molar-refractivity contribution >= 4 is 39.7 Å². The Morgan fingerprint density at radius 2 is 1.87 bits per heavy atom. The van der Waals surface area contributed by atoms with Crippen LogP contribution in [0.2, 0.25) is 0 Å². The van der Waals surface area contributed by atoms with E-state index in [9.17, 15) is 27.9 Å². The van der Waals surface area contributed by atoms with Crippen LogP contribution >= 0.6 is 0 Å². The number of carbonyl (C=O) groups excluding carboxylic acids is 1. The van der Waals surface area contributed by atoms with Gasteiger partial charge in [0.2, 0.25) is 0 Å². The Bertz CT molecular complexity index is 2150. The third-order valence-electron chi connectivity index (χ3n) is 8.21. The van der Waals surface area contributed by atoms with E-state index in [-0.39, 0.29) is 45.2 Å². The molecule has 1 saturated carbocycles. The maximum atomic E-state index is 14.6. The molecule has 1 aromatic carbocycles. The Balaban J connectivity index is 1.48. The molecule has 0 aliphatic heterocycles. The van der Waals surface area contributed by atoms with E-state index in [0.717, 1.165) is 6.07 Å². The largest absolute Gasteiger partial charge is 0.453 e. The quantitative estimate of drug-likeness (QED) is 0.232. The van der Waals surface area contributed by atoms with Gasteiger partial charge in [-0.1, -0.05) is 0 Å². The van der Waals surface area contributed by atoms with Crippen molar-refractivity contribution in [2.24, 2.45) is 14.0 Å². The molecule has 15 heteroatoms. The second-order valence-corrected chi connectivity index (χ2v) is 11.9. The third-order valence-corrected chi connectivity index (χ3v) is 8.21. The molecule has 5 aromatic rings. The minimum absolute atomic E-state index is 0.0193. The number of hydrogen-bond acceptors (Lipinski definition) is 8. The number of rotatable bonds is 6. The first-order valence-corrected chi connectivity index (χ1v) is 14.4. The number of pyridine rings is 2. The molecule has 2 atom stereocenters. The highest BCUT2D eigenvalue weighted by Gasteiger charge is 2.36. The molecule has 1 fully saturated rings. The summed E-state index contributed by atoms with van der Waals surface area (Å²) in [4.78, 5) is 34.0. The van der Waals surface area contributed by atoms with Crippen LogP contribution in [0.3, 0.4) is 0 Å². The molecule has 0 radical (unpaired) electrons. The molecule has 12 nitrogen and oxygen atoms in total. The predicted octanol–water partition coefficient (Wildman–Crippen LogP) is 5.12. The van der Waals surface area contributed by atoms with Gasteiger partial charge in [0.1, 0.15) is 11.6 Å². The number of aromatic nitrogens is 6. The number of benzene rings is 1. The van der Waals surface area contributed by atoms with Crippen molar-refractivity contribution in [2.75, 3.05) is 12.4 Å². The summed E-state index contributed by atoms with van der Waals surface area (Å²) >= 11 is 0. The number of nitrogens with one attached hydrogen (secondary N) is 2. The average molecular weight is 642 g/mol. The minimum atomic E-state index is -4.81. The fourth-order valence-electron chi connectivity index (χ4n) is 6.07. The van der Waals surface area contributed by atoms with Crippen LogP contribution in [0, 0.1) is 0 Å². The number of amides is 1. The normalized spacial score (nSPS) is 18.4. The molecule has 0 spiro atoms. The topological polar surface area (TPSA) is 141 Å². The number of anilines is 2. The van der Waals surface area contributed by atoms with Crippen LogP contribution in [0.15, 0.2) is 47.7 Å². The van der Waals surface area contributed by atoms with Crippen LogP contribution in [0.4, 0.5) is 29.6 Å². The number of ether oxygens (including phenoxy) is 1. The predicted molar refractivity (Wildman–Crippen MR) is 165 cm³/mol. The lowest BCUT2D eigenvalue weighted by atomic mass is 9.91. The van der Waals surface area contributed by atoms with Gasteiger partial charge in [0, 0.05) is 53.4 Å². The minimum Gasteiger partial charge on any atom is -0.453 e. The number of methoxy groups -OCH3 is 1. The van der Waals surface area contributed by atoms with Crippen LogP contribution in [-0.2, 0) is 30.5 Å². The third kappa shape index (κ3) is 5.66. The van der Waals surface area contributed by atoms with Crippen molar-refractivity contribution in [3.8, 4) is 11.1 Å². The van der Waals surface area contributed by atoms with E-state index in [2.05, 4.69) is 30.4 Å². The monoisotopic (exact) mass is 641 g/mol. The molecule has 0 saturated heterocycles. The van der Waals surface area contributed by atoms with E-state index < -0.39 is 47.7 Å². The molecule has 0 bridgehead atoms. The number of halogens is 3. The van der Waals surface area contributed by atoms with Crippen molar-refractivity contribution in [1.82, 2.24) is 34.2 Å². The lowest BCUT2D eigenvalue weighted by molar-refractivity contribution is -0.136. The van der Waals surface area contributed by atoms with Gasteiger partial charge in [-0.2, -0.15) is 18.3 Å². The zero-order chi connectivity index (χ0) is 35.6. The SMILES string of the molecule is [2H]C([2H])([2H])n1c(=O)n([C@@H]2CC[C@@H](NC(=O)OC)C2)c2cc(Nc3cc(C(C)(C)O)c4cc(-c5cnn(C)c5)cc(C(F)(F)F)c4n3)ncc21. The van der Waals surface area contributed by atoms with Crippen molar-refractivity contribution in [3.63, 3.8) is 0 Å². The van der Waals surface area contributed by atoms with E-state index in [0.29, 0.717) is 29.4 Å². The summed E-state index contributed by atoms with van der Waals surface area (Å²) in [6.45, 7) is 0.0453. The smallest absolute Gasteiger partial charge is 0.418 e. The van der Waals surface area contributed by atoms with Gasteiger partial charge in [-0.15, -0.1) is 0 Å². The number of carbonyl (C=O) groups is 1. The number of alkyl carbamates (subject to hydrolysis) is 1. The molecule has 4 aromatic heterocycles. The Morgan fingerprint density at radius 3 is 2.52 bits per heavy atom. The molecule has 1 amide bonds. The zero-order valence-electron chi connectivity index (χ0n) is 28.3. The lowest BCUT2D eigenvalue weighted by Gasteiger charge is -2.23. The van der Waals surface area contributed by atoms with Crippen LogP contribution in [-0.4, -0.2) is 53.2 Å². The van der Waals surface area contributed by atoms with Crippen LogP contribution < -0.4 is 16.3 Å². The van der Waals surface area contributed by atoms with Gasteiger partial charge in [0.15, 0.2) is 0 Å². The summed E-state index contributed by atoms with van der Waals surface area (Å²) in [6, 6.07) is 4.54. The molecular formula is C31H33F3N8O4. The summed E-state index contributed by atoms with van der Waals surface area (Å²) in [6.07, 6.45) is 0.0483. The second-order valence-electron chi connectivity index (χ2n) is 11.9. The van der Waals surface area contributed by atoms with Gasteiger partial charge >= 0.3 is 18.0 Å². The molecule has 0 unspecified atom stereocenters. The van der Waals surface area contributed by atoms with Gasteiger partial charge < -0.3 is 20.5 Å². The highest BCUT2D eigenvalue weighted by molar-refractivity contribution is 5.92. The number of fused-ring (bicyclic) bond motifs is 2. The number of aryl methyl sites for hydroxylation is 2. The summed E-state index contributed by atoms with van der Waals surface area (Å²) < 4.78 is 75.8. The van der Waals surface area contributed by atoms with E-state index in [1.165, 1.54) is 60.8 Å². The van der Waals surface area contributed by atoms with E-state index in [1.54, 1.807) is 13.2 Å². The van der Waals surface area contributed by atoms with Crippen molar-refractivity contribution in [2.45, 2.75) is 57.0 Å². The first kappa shape index (κ1) is 27.4.